The first-order valence-electron chi connectivity index (χ1n) is 13.6. The van der Waals surface area contributed by atoms with Gasteiger partial charge in [0.05, 0.1) is 36.6 Å². The number of hydrogen-bond acceptors (Lipinski definition) is 4. The van der Waals surface area contributed by atoms with Crippen LogP contribution in [0.25, 0.3) is 0 Å². The molecule has 0 aromatic heterocycles. The number of benzene rings is 2. The highest BCUT2D eigenvalue weighted by Gasteiger charge is 2.47. The molecule has 2 atom stereocenters. The Morgan fingerprint density at radius 2 is 1.56 bits per heavy atom. The fourth-order valence-electron chi connectivity index (χ4n) is 6.08. The molecule has 2 aliphatic carbocycles. The molecular formula is C29H30F6N2O4. The van der Waals surface area contributed by atoms with Crippen molar-refractivity contribution in [3.05, 3.63) is 63.7 Å². The van der Waals surface area contributed by atoms with Crippen LogP contribution in [0.2, 0.25) is 0 Å². The zero-order valence-electron chi connectivity index (χ0n) is 22.6. The molecule has 0 N–H and O–H groups in total. The third-order valence-electron chi connectivity index (χ3n) is 8.07. The van der Waals surface area contributed by atoms with Gasteiger partial charge in [-0.3, -0.25) is 9.80 Å². The third kappa shape index (κ3) is 5.83. The van der Waals surface area contributed by atoms with Gasteiger partial charge < -0.3 is 9.47 Å². The Kier molecular flexibility index (Phi) is 7.63. The Morgan fingerprint density at radius 1 is 0.951 bits per heavy atom. The van der Waals surface area contributed by atoms with Crippen molar-refractivity contribution in [2.75, 3.05) is 18.6 Å². The number of carbonyl (C=O) groups excluding carboxylic acids is 2. The van der Waals surface area contributed by atoms with Crippen LogP contribution in [0.15, 0.2) is 30.3 Å². The first-order chi connectivity index (χ1) is 19.3. The number of rotatable bonds is 5. The molecule has 2 unspecified atom stereocenters. The van der Waals surface area contributed by atoms with Crippen LogP contribution in [-0.2, 0) is 41.2 Å². The second-order valence-electron chi connectivity index (χ2n) is 10.8. The Labute approximate surface area is 233 Å². The van der Waals surface area contributed by atoms with Crippen LogP contribution in [0, 0.1) is 5.92 Å². The molecule has 0 radical (unpaired) electrons. The molecule has 1 saturated carbocycles. The molecule has 12 heteroatoms. The van der Waals surface area contributed by atoms with E-state index in [1.807, 2.05) is 12.1 Å². The summed E-state index contributed by atoms with van der Waals surface area (Å²) in [6, 6.07) is 4.00. The largest absolute Gasteiger partial charge is 0.453 e. The Hall–Kier alpha value is -3.44. The monoisotopic (exact) mass is 584 g/mol. The lowest BCUT2D eigenvalue weighted by Crippen LogP contribution is -2.50. The standard InChI is InChI=1S/C29H30F6N2O4/c1-3-41-27(39)37-23(17-7-8-17)14-24(22-11-18-5-4-6-19(18)12-25(22)37)36(26(38)40-2)15-16-9-20(28(30,31)32)13-21(10-16)29(33,34)35/h9-13,17,23-24H,3-8,14-15H2,1-2H3. The summed E-state index contributed by atoms with van der Waals surface area (Å²) in [6.07, 6.45) is -7.07. The first-order valence-corrected chi connectivity index (χ1v) is 13.6. The molecular weight excluding hydrogens is 554 g/mol. The second kappa shape index (κ2) is 10.8. The van der Waals surface area contributed by atoms with Crippen LogP contribution in [0.4, 0.5) is 41.6 Å². The smallest absolute Gasteiger partial charge is 0.416 e. The third-order valence-corrected chi connectivity index (χ3v) is 8.07. The van der Waals surface area contributed by atoms with Gasteiger partial charge in [0.15, 0.2) is 0 Å². The highest BCUT2D eigenvalue weighted by molar-refractivity contribution is 5.91. The number of amides is 2. The average Bonchev–Trinajstić information content (AvgIpc) is 3.66. The van der Waals surface area contributed by atoms with Gasteiger partial charge in [-0.1, -0.05) is 6.07 Å². The van der Waals surface area contributed by atoms with Crippen molar-refractivity contribution in [3.63, 3.8) is 0 Å². The molecule has 0 bridgehead atoms. The van der Waals surface area contributed by atoms with Crippen LogP contribution in [0.5, 0.6) is 0 Å². The van der Waals surface area contributed by atoms with E-state index in [0.717, 1.165) is 50.3 Å². The summed E-state index contributed by atoms with van der Waals surface area (Å²) in [5.41, 5.74) is -0.0285. The molecule has 5 rings (SSSR count). The van der Waals surface area contributed by atoms with Gasteiger partial charge >= 0.3 is 24.5 Å². The van der Waals surface area contributed by atoms with E-state index in [0.29, 0.717) is 23.4 Å². The molecule has 3 aliphatic rings. The van der Waals surface area contributed by atoms with Crippen molar-refractivity contribution in [1.29, 1.82) is 0 Å². The van der Waals surface area contributed by atoms with Gasteiger partial charge in [-0.2, -0.15) is 26.3 Å². The van der Waals surface area contributed by atoms with Crippen molar-refractivity contribution >= 4 is 17.9 Å². The van der Waals surface area contributed by atoms with Crippen LogP contribution in [0.1, 0.15) is 72.0 Å². The number of aryl methyl sites for hydroxylation is 2. The van der Waals surface area contributed by atoms with E-state index in [2.05, 4.69) is 0 Å². The zero-order chi connectivity index (χ0) is 29.7. The van der Waals surface area contributed by atoms with Gasteiger partial charge in [0.1, 0.15) is 0 Å². The van der Waals surface area contributed by atoms with E-state index < -0.39 is 48.3 Å². The van der Waals surface area contributed by atoms with E-state index in [9.17, 15) is 35.9 Å². The molecule has 41 heavy (non-hydrogen) atoms. The first kappa shape index (κ1) is 29.1. The van der Waals surface area contributed by atoms with Crippen LogP contribution >= 0.6 is 0 Å². The molecule has 0 saturated heterocycles. The van der Waals surface area contributed by atoms with Crippen LogP contribution in [-0.4, -0.2) is 36.8 Å². The van der Waals surface area contributed by atoms with E-state index >= 15 is 0 Å². The fourth-order valence-corrected chi connectivity index (χ4v) is 6.08. The summed E-state index contributed by atoms with van der Waals surface area (Å²) in [7, 11) is 1.11. The topological polar surface area (TPSA) is 59.1 Å². The number of nitrogens with zero attached hydrogens (tertiary/aromatic N) is 2. The van der Waals surface area contributed by atoms with Crippen LogP contribution < -0.4 is 4.90 Å². The normalized spacial score (nSPS) is 20.3. The maximum absolute atomic E-state index is 13.6. The molecule has 1 heterocycles. The lowest BCUT2D eigenvalue weighted by Gasteiger charge is -2.44. The van der Waals surface area contributed by atoms with Gasteiger partial charge in [0, 0.05) is 12.6 Å². The summed E-state index contributed by atoms with van der Waals surface area (Å²) in [6.45, 7) is 1.29. The van der Waals surface area contributed by atoms with Crippen molar-refractivity contribution in [3.8, 4) is 0 Å². The Bertz CT molecular complexity index is 1310. The summed E-state index contributed by atoms with van der Waals surface area (Å²) in [5.74, 6) is 0.119. The van der Waals surface area contributed by atoms with Gasteiger partial charge in [-0.05, 0) is 97.9 Å². The molecule has 2 amide bonds. The summed E-state index contributed by atoms with van der Waals surface area (Å²) >= 11 is 0. The van der Waals surface area contributed by atoms with Crippen molar-refractivity contribution in [2.45, 2.75) is 76.4 Å². The van der Waals surface area contributed by atoms with E-state index in [1.165, 1.54) is 4.90 Å². The number of methoxy groups -OCH3 is 1. The van der Waals surface area contributed by atoms with Crippen LogP contribution in [0.3, 0.4) is 0 Å². The molecule has 0 spiro atoms. The summed E-state index contributed by atoms with van der Waals surface area (Å²) in [4.78, 5) is 29.2. The highest BCUT2D eigenvalue weighted by Crippen LogP contribution is 2.50. The predicted molar refractivity (Wildman–Crippen MR) is 136 cm³/mol. The maximum Gasteiger partial charge on any atom is 0.416 e. The molecule has 2 aromatic rings. The van der Waals surface area contributed by atoms with E-state index in [1.54, 1.807) is 11.8 Å². The number of fused-ring (bicyclic) bond motifs is 2. The molecule has 6 nitrogen and oxygen atoms in total. The Balaban J connectivity index is 1.63. The number of anilines is 1. The molecule has 1 fully saturated rings. The van der Waals surface area contributed by atoms with Crippen molar-refractivity contribution < 1.29 is 45.4 Å². The number of carbonyl (C=O) groups is 2. The zero-order valence-corrected chi connectivity index (χ0v) is 22.6. The minimum atomic E-state index is -5.03. The second-order valence-corrected chi connectivity index (χ2v) is 10.8. The predicted octanol–water partition coefficient (Wildman–Crippen LogP) is 7.67. The minimum absolute atomic E-state index is 0.0610. The molecule has 1 aliphatic heterocycles. The number of hydrogen-bond donors (Lipinski definition) is 0. The maximum atomic E-state index is 13.6. The SMILES string of the molecule is CCOC(=O)N1c2cc3c(cc2C(N(Cc2cc(C(F)(F)F)cc(C(F)(F)F)c2)C(=O)OC)CC1C1CC1)CCC3. The highest BCUT2D eigenvalue weighted by atomic mass is 19.4. The number of halogens is 6. The minimum Gasteiger partial charge on any atom is -0.453 e. The van der Waals surface area contributed by atoms with Crippen molar-refractivity contribution in [2.24, 2.45) is 5.92 Å². The lowest BCUT2D eigenvalue weighted by atomic mass is 9.86. The summed E-state index contributed by atoms with van der Waals surface area (Å²) in [5, 5.41) is 0. The van der Waals surface area contributed by atoms with E-state index in [-0.39, 0.29) is 36.6 Å². The van der Waals surface area contributed by atoms with Gasteiger partial charge in [-0.25, -0.2) is 9.59 Å². The van der Waals surface area contributed by atoms with Crippen molar-refractivity contribution in [1.82, 2.24) is 4.90 Å². The van der Waals surface area contributed by atoms with Gasteiger partial charge in [0.2, 0.25) is 0 Å². The number of ether oxygens (including phenoxy) is 2. The van der Waals surface area contributed by atoms with Gasteiger partial charge in [-0.15, -0.1) is 0 Å². The lowest BCUT2D eigenvalue weighted by molar-refractivity contribution is -0.143. The average molecular weight is 585 g/mol. The molecule has 222 valence electrons. The number of alkyl halides is 6. The summed E-state index contributed by atoms with van der Waals surface area (Å²) < 4.78 is 91.9. The Morgan fingerprint density at radius 3 is 2.10 bits per heavy atom. The van der Waals surface area contributed by atoms with E-state index in [4.69, 9.17) is 9.47 Å². The molecule has 2 aromatic carbocycles. The quantitative estimate of drug-likeness (QED) is 0.339. The van der Waals surface area contributed by atoms with Gasteiger partial charge in [0.25, 0.3) is 0 Å². The fraction of sp³-hybridized carbons (Fsp3) is 0.517.